The summed E-state index contributed by atoms with van der Waals surface area (Å²) in [5, 5.41) is 19.5. The molecule has 33 heavy (non-hydrogen) atoms. The number of hydrogen-bond acceptors (Lipinski definition) is 6. The quantitative estimate of drug-likeness (QED) is 0.635. The monoisotopic (exact) mass is 430 g/mol. The van der Waals surface area contributed by atoms with Gasteiger partial charge in [-0.1, -0.05) is 0 Å². The van der Waals surface area contributed by atoms with Gasteiger partial charge in [0, 0.05) is 66.5 Å². The lowest BCUT2D eigenvalue weighted by atomic mass is 9.76. The fraction of sp³-hybridized carbons (Fsp3) is 0.333. The van der Waals surface area contributed by atoms with Gasteiger partial charge in [-0.2, -0.15) is 10.5 Å². The van der Waals surface area contributed by atoms with E-state index in [4.69, 9.17) is 0 Å². The maximum Gasteiger partial charge on any atom is 0.113 e. The van der Waals surface area contributed by atoms with E-state index in [1.54, 1.807) is 0 Å². The van der Waals surface area contributed by atoms with Gasteiger partial charge in [-0.15, -0.1) is 0 Å². The molecule has 0 aromatic heterocycles. The fourth-order valence-corrected chi connectivity index (χ4v) is 8.24. The molecule has 8 rings (SSSR count). The lowest BCUT2D eigenvalue weighted by molar-refractivity contribution is 0.236. The van der Waals surface area contributed by atoms with E-state index in [0.717, 1.165) is 30.5 Å². The molecule has 6 aliphatic rings. The van der Waals surface area contributed by atoms with Crippen LogP contribution in [-0.2, 0) is 5.41 Å². The molecule has 2 aromatic carbocycles. The summed E-state index contributed by atoms with van der Waals surface area (Å²) in [5.41, 5.74) is 6.52. The van der Waals surface area contributed by atoms with Crippen LogP contribution in [0.3, 0.4) is 0 Å². The van der Waals surface area contributed by atoms with Crippen LogP contribution in [0.4, 0.5) is 11.4 Å². The summed E-state index contributed by atoms with van der Waals surface area (Å²) in [6, 6.07) is 17.3. The molecule has 2 spiro atoms. The van der Waals surface area contributed by atoms with Crippen molar-refractivity contribution in [1.29, 1.82) is 10.5 Å². The minimum absolute atomic E-state index is 0.0654. The van der Waals surface area contributed by atoms with Gasteiger partial charge in [0.2, 0.25) is 0 Å². The summed E-state index contributed by atoms with van der Waals surface area (Å²) in [6.45, 7) is 1.05. The molecule has 0 N–H and O–H groups in total. The van der Waals surface area contributed by atoms with E-state index in [-0.39, 0.29) is 17.0 Å². The minimum Gasteiger partial charge on any atom is -0.359 e. The first kappa shape index (κ1) is 17.6. The highest BCUT2D eigenvalue weighted by atomic mass is 15.5. The Balaban J connectivity index is 1.44. The van der Waals surface area contributed by atoms with Crippen molar-refractivity contribution in [3.63, 3.8) is 0 Å². The highest BCUT2D eigenvalue weighted by Crippen LogP contribution is 2.86. The maximum atomic E-state index is 9.78. The number of nitrogens with zero attached hydrogens (tertiary/aromatic N) is 6. The Labute approximate surface area is 192 Å². The molecular weight excluding hydrogens is 408 g/mol. The summed E-state index contributed by atoms with van der Waals surface area (Å²) >= 11 is 0. The Kier molecular flexibility index (Phi) is 2.86. The first-order valence-corrected chi connectivity index (χ1v) is 11.6. The summed E-state index contributed by atoms with van der Waals surface area (Å²) in [6.07, 6.45) is 11.5. The summed E-state index contributed by atoms with van der Waals surface area (Å²) in [7, 11) is 2.17. The molecule has 1 saturated carbocycles. The fourth-order valence-electron chi connectivity index (χ4n) is 8.24. The van der Waals surface area contributed by atoms with Crippen molar-refractivity contribution in [3.8, 4) is 12.1 Å². The van der Waals surface area contributed by atoms with Crippen molar-refractivity contribution in [2.45, 2.75) is 36.5 Å². The number of nitriles is 2. The van der Waals surface area contributed by atoms with Crippen LogP contribution in [0.1, 0.15) is 41.0 Å². The molecule has 5 heterocycles. The second-order valence-electron chi connectivity index (χ2n) is 10.3. The van der Waals surface area contributed by atoms with Crippen molar-refractivity contribution in [1.82, 2.24) is 9.80 Å². The average Bonchev–Trinajstić information content (AvgIpc) is 3.26. The van der Waals surface area contributed by atoms with Crippen LogP contribution in [0.25, 0.3) is 0 Å². The van der Waals surface area contributed by atoms with Crippen molar-refractivity contribution in [3.05, 3.63) is 83.5 Å². The van der Waals surface area contributed by atoms with Crippen molar-refractivity contribution >= 4 is 11.4 Å². The predicted octanol–water partition coefficient (Wildman–Crippen LogP) is 3.74. The number of fused-ring (bicyclic) bond motifs is 8. The molecule has 0 amide bonds. The summed E-state index contributed by atoms with van der Waals surface area (Å²) in [4.78, 5) is 9.67. The van der Waals surface area contributed by atoms with E-state index >= 15 is 0 Å². The third-order valence-corrected chi connectivity index (χ3v) is 9.38. The Bertz CT molecular complexity index is 1410. The third-order valence-electron chi connectivity index (χ3n) is 9.38. The second-order valence-corrected chi connectivity index (χ2v) is 10.3. The number of anilines is 2. The molecule has 5 atom stereocenters. The first-order valence-electron chi connectivity index (χ1n) is 11.6. The highest BCUT2D eigenvalue weighted by molar-refractivity contribution is 5.77. The van der Waals surface area contributed by atoms with Gasteiger partial charge in [0.1, 0.15) is 12.3 Å². The standard InChI is InChI=1S/C27H22N6/c1-30-8-10-32-22-5-3-18(16-29)13-20(22)27(14-23(30)32)24-19-12-17(15-28)2-4-21(19)33-11-9-31-7-6-26(24,27)25(31)33/h2-5,8-13,23-25H,6-7,14H2,1H3. The smallest absolute Gasteiger partial charge is 0.113 e. The van der Waals surface area contributed by atoms with Gasteiger partial charge in [-0.3, -0.25) is 0 Å². The molecule has 5 unspecified atom stereocenters. The Morgan fingerprint density at radius 2 is 1.67 bits per heavy atom. The molecule has 1 aliphatic carbocycles. The van der Waals surface area contributed by atoms with E-state index in [2.05, 4.69) is 87.9 Å². The van der Waals surface area contributed by atoms with Crippen LogP contribution in [0.2, 0.25) is 0 Å². The predicted molar refractivity (Wildman–Crippen MR) is 124 cm³/mol. The molecule has 2 fully saturated rings. The van der Waals surface area contributed by atoms with E-state index in [9.17, 15) is 10.5 Å². The highest BCUT2D eigenvalue weighted by Gasteiger charge is 2.86. The van der Waals surface area contributed by atoms with E-state index in [0.29, 0.717) is 12.1 Å². The van der Waals surface area contributed by atoms with Crippen molar-refractivity contribution in [2.24, 2.45) is 5.41 Å². The first-order chi connectivity index (χ1) is 16.1. The van der Waals surface area contributed by atoms with Crippen LogP contribution in [0.15, 0.2) is 61.2 Å². The maximum absolute atomic E-state index is 9.78. The van der Waals surface area contributed by atoms with Crippen molar-refractivity contribution in [2.75, 3.05) is 23.4 Å². The summed E-state index contributed by atoms with van der Waals surface area (Å²) in [5.74, 6) is 0.336. The second kappa shape index (κ2) is 5.35. The number of hydrogen-bond donors (Lipinski definition) is 0. The zero-order valence-corrected chi connectivity index (χ0v) is 18.3. The Hall–Kier alpha value is -3.90. The Morgan fingerprint density at radius 1 is 0.909 bits per heavy atom. The molecule has 5 aliphatic heterocycles. The normalized spacial score (nSPS) is 35.1. The van der Waals surface area contributed by atoms with Crippen LogP contribution >= 0.6 is 0 Å². The molecule has 6 nitrogen and oxygen atoms in total. The van der Waals surface area contributed by atoms with E-state index in [1.165, 1.54) is 22.5 Å². The molecular formula is C27H22N6. The van der Waals surface area contributed by atoms with E-state index in [1.807, 2.05) is 12.1 Å². The molecule has 1 saturated heterocycles. The van der Waals surface area contributed by atoms with Gasteiger partial charge in [-0.05, 0) is 60.4 Å². The minimum atomic E-state index is -0.0698. The largest absolute Gasteiger partial charge is 0.359 e. The van der Waals surface area contributed by atoms with Gasteiger partial charge in [-0.25, -0.2) is 0 Å². The Morgan fingerprint density at radius 3 is 2.48 bits per heavy atom. The van der Waals surface area contributed by atoms with Gasteiger partial charge in [0.25, 0.3) is 0 Å². The van der Waals surface area contributed by atoms with Crippen molar-refractivity contribution < 1.29 is 0 Å². The third kappa shape index (κ3) is 1.70. The van der Waals surface area contributed by atoms with Gasteiger partial charge in [0.05, 0.1) is 23.3 Å². The van der Waals surface area contributed by atoms with Gasteiger partial charge < -0.3 is 19.6 Å². The SMILES string of the molecule is CN1C=CN2c3ccc(C#N)cc3C3(CC12)C1c2cc(C#N)ccc2N2C=CN4CCC13C42. The van der Waals surface area contributed by atoms with Crippen LogP contribution in [0.5, 0.6) is 0 Å². The van der Waals surface area contributed by atoms with Gasteiger partial charge >= 0.3 is 0 Å². The molecule has 0 radical (unpaired) electrons. The molecule has 2 aromatic rings. The number of rotatable bonds is 0. The van der Waals surface area contributed by atoms with Crippen LogP contribution in [0, 0.1) is 28.1 Å². The number of benzene rings is 2. The van der Waals surface area contributed by atoms with E-state index < -0.39 is 0 Å². The molecule has 160 valence electrons. The van der Waals surface area contributed by atoms with Crippen LogP contribution in [-0.4, -0.2) is 35.7 Å². The summed E-state index contributed by atoms with van der Waals surface area (Å²) < 4.78 is 0. The topological polar surface area (TPSA) is 60.5 Å². The average molecular weight is 431 g/mol. The molecule has 0 bridgehead atoms. The molecule has 6 heteroatoms. The van der Waals surface area contributed by atoms with Crippen LogP contribution < -0.4 is 9.80 Å². The zero-order chi connectivity index (χ0) is 22.1. The lowest BCUT2D eigenvalue weighted by Crippen LogP contribution is -2.48. The van der Waals surface area contributed by atoms with Gasteiger partial charge in [0.15, 0.2) is 0 Å². The zero-order valence-electron chi connectivity index (χ0n) is 18.3. The lowest BCUT2D eigenvalue weighted by Gasteiger charge is -2.43.